The van der Waals surface area contributed by atoms with Gasteiger partial charge in [0.25, 0.3) is 0 Å². The van der Waals surface area contributed by atoms with Crippen molar-refractivity contribution in [1.82, 2.24) is 14.5 Å². The van der Waals surface area contributed by atoms with E-state index in [9.17, 15) is 4.79 Å². The minimum absolute atomic E-state index is 0.0359. The Morgan fingerprint density at radius 3 is 3.06 bits per heavy atom. The molecule has 0 spiro atoms. The van der Waals surface area contributed by atoms with Crippen LogP contribution in [0.3, 0.4) is 0 Å². The van der Waals surface area contributed by atoms with E-state index in [-0.39, 0.29) is 11.8 Å². The Morgan fingerprint density at radius 2 is 2.41 bits per heavy atom. The van der Waals surface area contributed by atoms with Gasteiger partial charge in [-0.1, -0.05) is 0 Å². The number of hydrogen-bond acceptors (Lipinski definition) is 4. The van der Waals surface area contributed by atoms with E-state index in [1.165, 1.54) is 6.20 Å². The summed E-state index contributed by atoms with van der Waals surface area (Å²) >= 11 is 0. The third kappa shape index (κ3) is 1.76. The summed E-state index contributed by atoms with van der Waals surface area (Å²) in [6.07, 6.45) is 4.43. The highest BCUT2D eigenvalue weighted by Crippen LogP contribution is 2.18. The number of ether oxygens (including phenoxy) is 1. The maximum Gasteiger partial charge on any atom is 0.354 e. The van der Waals surface area contributed by atoms with Crippen LogP contribution >= 0.6 is 0 Å². The summed E-state index contributed by atoms with van der Waals surface area (Å²) in [6.45, 7) is 1.51. The van der Waals surface area contributed by atoms with Gasteiger partial charge < -0.3 is 14.4 Å². The molecule has 0 radical (unpaired) electrons. The van der Waals surface area contributed by atoms with Crippen LogP contribution in [-0.4, -0.2) is 38.3 Å². The highest BCUT2D eigenvalue weighted by atomic mass is 16.5. The summed E-state index contributed by atoms with van der Waals surface area (Å²) in [5.74, 6) is -1.03. The molecule has 1 N–H and O–H groups in total. The van der Waals surface area contributed by atoms with Crippen molar-refractivity contribution in [3.8, 4) is 0 Å². The minimum Gasteiger partial charge on any atom is -0.477 e. The van der Waals surface area contributed by atoms with E-state index in [2.05, 4.69) is 9.97 Å². The lowest BCUT2D eigenvalue weighted by Gasteiger charge is -2.26. The molecule has 1 aliphatic heterocycles. The molecule has 3 heterocycles. The fraction of sp³-hybridized carbons (Fsp3) is 0.364. The Morgan fingerprint density at radius 1 is 1.59 bits per heavy atom. The largest absolute Gasteiger partial charge is 0.477 e. The SMILES string of the molecule is O=C(O)c1cc2c(cn1)ncn2C[C@@H]1CCO1. The van der Waals surface area contributed by atoms with Gasteiger partial charge in [-0.2, -0.15) is 0 Å². The summed E-state index contributed by atoms with van der Waals surface area (Å²) in [7, 11) is 0. The molecule has 0 bridgehead atoms. The van der Waals surface area contributed by atoms with Crippen molar-refractivity contribution in [1.29, 1.82) is 0 Å². The Labute approximate surface area is 96.9 Å². The number of pyridine rings is 1. The van der Waals surface area contributed by atoms with Crippen LogP contribution in [0.5, 0.6) is 0 Å². The monoisotopic (exact) mass is 233 g/mol. The van der Waals surface area contributed by atoms with Crippen LogP contribution in [0.1, 0.15) is 16.9 Å². The molecule has 1 aliphatic rings. The van der Waals surface area contributed by atoms with Crippen molar-refractivity contribution < 1.29 is 14.6 Å². The first kappa shape index (κ1) is 10.2. The molecule has 0 aromatic carbocycles. The molecule has 0 aliphatic carbocycles. The van der Waals surface area contributed by atoms with Crippen molar-refractivity contribution in [2.45, 2.75) is 19.1 Å². The number of rotatable bonds is 3. The predicted molar refractivity (Wildman–Crippen MR) is 58.8 cm³/mol. The number of carboxylic acid groups (broad SMARTS) is 1. The van der Waals surface area contributed by atoms with Gasteiger partial charge in [0.15, 0.2) is 0 Å². The molecule has 6 heteroatoms. The Kier molecular flexibility index (Phi) is 2.29. The molecule has 1 atom stereocenters. The van der Waals surface area contributed by atoms with E-state index in [1.54, 1.807) is 12.4 Å². The molecular formula is C11H11N3O3. The second kappa shape index (κ2) is 3.81. The van der Waals surface area contributed by atoms with Crippen LogP contribution in [0.15, 0.2) is 18.6 Å². The zero-order chi connectivity index (χ0) is 11.8. The normalized spacial score (nSPS) is 19.2. The number of imidazole rings is 1. The quantitative estimate of drug-likeness (QED) is 0.852. The molecule has 6 nitrogen and oxygen atoms in total. The molecule has 1 fully saturated rings. The van der Waals surface area contributed by atoms with Gasteiger partial charge in [0, 0.05) is 6.61 Å². The van der Waals surface area contributed by atoms with E-state index in [0.717, 1.165) is 18.5 Å². The van der Waals surface area contributed by atoms with Gasteiger partial charge in [0.05, 0.1) is 30.7 Å². The molecule has 1 saturated heterocycles. The average Bonchev–Trinajstić information content (AvgIpc) is 2.65. The van der Waals surface area contributed by atoms with Crippen molar-refractivity contribution in [3.05, 3.63) is 24.3 Å². The van der Waals surface area contributed by atoms with Gasteiger partial charge in [0.1, 0.15) is 11.2 Å². The van der Waals surface area contributed by atoms with Gasteiger partial charge in [-0.15, -0.1) is 0 Å². The fourth-order valence-corrected chi connectivity index (χ4v) is 1.87. The van der Waals surface area contributed by atoms with Crippen LogP contribution in [-0.2, 0) is 11.3 Å². The first-order chi connectivity index (χ1) is 8.24. The number of aromatic carboxylic acids is 1. The van der Waals surface area contributed by atoms with E-state index < -0.39 is 5.97 Å². The standard InChI is InChI=1S/C11H11N3O3/c15-11(16)8-3-10-9(4-12-8)13-6-14(10)5-7-1-2-17-7/h3-4,6-7H,1-2,5H2,(H,15,16)/t7-/m0/s1. The maximum absolute atomic E-state index is 10.9. The molecule has 17 heavy (non-hydrogen) atoms. The zero-order valence-electron chi connectivity index (χ0n) is 9.04. The van der Waals surface area contributed by atoms with Gasteiger partial charge in [0.2, 0.25) is 0 Å². The smallest absolute Gasteiger partial charge is 0.354 e. The Bertz CT molecular complexity index is 574. The third-order valence-corrected chi connectivity index (χ3v) is 2.92. The third-order valence-electron chi connectivity index (χ3n) is 2.92. The zero-order valence-corrected chi connectivity index (χ0v) is 9.04. The van der Waals surface area contributed by atoms with Gasteiger partial charge in [-0.25, -0.2) is 14.8 Å². The van der Waals surface area contributed by atoms with Crippen molar-refractivity contribution >= 4 is 17.0 Å². The highest BCUT2D eigenvalue weighted by molar-refractivity contribution is 5.89. The summed E-state index contributed by atoms with van der Waals surface area (Å²) in [5, 5.41) is 8.90. The molecule has 2 aromatic rings. The van der Waals surface area contributed by atoms with Crippen LogP contribution in [0.25, 0.3) is 11.0 Å². The Hall–Kier alpha value is -1.95. The second-order valence-corrected chi connectivity index (χ2v) is 4.04. The molecule has 88 valence electrons. The second-order valence-electron chi connectivity index (χ2n) is 4.04. The minimum atomic E-state index is -1.03. The number of carboxylic acids is 1. The first-order valence-corrected chi connectivity index (χ1v) is 5.40. The number of carbonyl (C=O) groups is 1. The van der Waals surface area contributed by atoms with Crippen molar-refractivity contribution in [2.24, 2.45) is 0 Å². The lowest BCUT2D eigenvalue weighted by Crippen LogP contribution is -2.30. The van der Waals surface area contributed by atoms with E-state index in [4.69, 9.17) is 9.84 Å². The molecular weight excluding hydrogens is 222 g/mol. The average molecular weight is 233 g/mol. The first-order valence-electron chi connectivity index (χ1n) is 5.40. The Balaban J connectivity index is 1.99. The summed E-state index contributed by atoms with van der Waals surface area (Å²) in [6, 6.07) is 1.54. The molecule has 0 saturated carbocycles. The lowest BCUT2D eigenvalue weighted by atomic mass is 10.2. The molecule has 0 amide bonds. The van der Waals surface area contributed by atoms with Crippen LogP contribution in [0.4, 0.5) is 0 Å². The van der Waals surface area contributed by atoms with Crippen molar-refractivity contribution in [2.75, 3.05) is 6.61 Å². The van der Waals surface area contributed by atoms with Gasteiger partial charge >= 0.3 is 5.97 Å². The molecule has 0 unspecified atom stereocenters. The topological polar surface area (TPSA) is 77.2 Å². The lowest BCUT2D eigenvalue weighted by molar-refractivity contribution is -0.0586. The molecule has 2 aromatic heterocycles. The maximum atomic E-state index is 10.9. The highest BCUT2D eigenvalue weighted by Gasteiger charge is 2.19. The van der Waals surface area contributed by atoms with E-state index >= 15 is 0 Å². The van der Waals surface area contributed by atoms with E-state index in [0.29, 0.717) is 12.1 Å². The van der Waals surface area contributed by atoms with E-state index in [1.807, 2.05) is 4.57 Å². The number of hydrogen-bond donors (Lipinski definition) is 1. The van der Waals surface area contributed by atoms with Crippen LogP contribution in [0.2, 0.25) is 0 Å². The van der Waals surface area contributed by atoms with Crippen LogP contribution < -0.4 is 0 Å². The number of nitrogens with zero attached hydrogens (tertiary/aromatic N) is 3. The summed E-state index contributed by atoms with van der Waals surface area (Å²) in [4.78, 5) is 18.9. The predicted octanol–water partition coefficient (Wildman–Crippen LogP) is 0.918. The number of fused-ring (bicyclic) bond motifs is 1. The fourth-order valence-electron chi connectivity index (χ4n) is 1.87. The summed E-state index contributed by atoms with van der Waals surface area (Å²) in [5.41, 5.74) is 1.52. The van der Waals surface area contributed by atoms with Gasteiger partial charge in [-0.3, -0.25) is 0 Å². The number of aromatic nitrogens is 3. The summed E-state index contributed by atoms with van der Waals surface area (Å²) < 4.78 is 7.26. The van der Waals surface area contributed by atoms with Crippen molar-refractivity contribution in [3.63, 3.8) is 0 Å². The molecule has 3 rings (SSSR count). The van der Waals surface area contributed by atoms with Gasteiger partial charge in [-0.05, 0) is 12.5 Å². The van der Waals surface area contributed by atoms with Crippen LogP contribution in [0, 0.1) is 0 Å².